The van der Waals surface area contributed by atoms with E-state index in [1.807, 2.05) is 0 Å². The van der Waals surface area contributed by atoms with E-state index in [4.69, 9.17) is 10.2 Å². The van der Waals surface area contributed by atoms with Crippen molar-refractivity contribution in [2.45, 2.75) is 18.1 Å². The topological polar surface area (TPSA) is 66.2 Å². The zero-order valence-electron chi connectivity index (χ0n) is 7.64. The van der Waals surface area contributed by atoms with Gasteiger partial charge in [-0.1, -0.05) is 0 Å². The highest BCUT2D eigenvalue weighted by Gasteiger charge is 2.05. The van der Waals surface area contributed by atoms with Crippen molar-refractivity contribution in [1.82, 2.24) is 9.97 Å². The van der Waals surface area contributed by atoms with Crippen molar-refractivity contribution in [3.05, 3.63) is 16.5 Å². The first kappa shape index (κ1) is 11.9. The smallest absolute Gasteiger partial charge is 0.127 e. The van der Waals surface area contributed by atoms with Gasteiger partial charge < -0.3 is 10.2 Å². The van der Waals surface area contributed by atoms with E-state index >= 15 is 0 Å². The summed E-state index contributed by atoms with van der Waals surface area (Å²) >= 11 is 4.65. The van der Waals surface area contributed by atoms with Gasteiger partial charge in [0.05, 0.1) is 12.7 Å². The van der Waals surface area contributed by atoms with Gasteiger partial charge in [-0.25, -0.2) is 9.97 Å². The van der Waals surface area contributed by atoms with E-state index in [0.717, 1.165) is 9.63 Å². The molecule has 1 heterocycles. The molecule has 14 heavy (non-hydrogen) atoms. The van der Waals surface area contributed by atoms with Gasteiger partial charge in [-0.15, -0.1) is 11.8 Å². The number of aliphatic hydroxyl groups excluding tert-OH is 2. The van der Waals surface area contributed by atoms with Gasteiger partial charge in [0.15, 0.2) is 0 Å². The summed E-state index contributed by atoms with van der Waals surface area (Å²) in [5.74, 6) is 1.11. The summed E-state index contributed by atoms with van der Waals surface area (Å²) in [7, 11) is 0. The second-order valence-corrected chi connectivity index (χ2v) is 4.58. The van der Waals surface area contributed by atoms with Crippen molar-refractivity contribution in [3.8, 4) is 0 Å². The Bertz CT molecular complexity index is 291. The quantitative estimate of drug-likeness (QED) is 0.635. The molecule has 1 rings (SSSR count). The molecule has 78 valence electrons. The first-order valence-corrected chi connectivity index (χ1v) is 5.82. The van der Waals surface area contributed by atoms with Crippen LogP contribution in [-0.2, 0) is 0 Å². The van der Waals surface area contributed by atoms with Gasteiger partial charge in [0.25, 0.3) is 0 Å². The molecule has 1 aromatic rings. The maximum Gasteiger partial charge on any atom is 0.127 e. The fraction of sp³-hybridized carbons (Fsp3) is 0.500. The van der Waals surface area contributed by atoms with Crippen LogP contribution in [0.3, 0.4) is 0 Å². The van der Waals surface area contributed by atoms with Crippen LogP contribution in [0.5, 0.6) is 0 Å². The minimum atomic E-state index is -0.700. The van der Waals surface area contributed by atoms with Crippen LogP contribution < -0.4 is 0 Å². The second kappa shape index (κ2) is 5.65. The summed E-state index contributed by atoms with van der Waals surface area (Å²) in [6.07, 6.45) is -0.700. The van der Waals surface area contributed by atoms with Crippen LogP contribution in [0.25, 0.3) is 0 Å². The van der Waals surface area contributed by atoms with Crippen LogP contribution in [-0.4, -0.2) is 38.6 Å². The first-order valence-electron chi connectivity index (χ1n) is 4.04. The lowest BCUT2D eigenvalue weighted by molar-refractivity contribution is 0.113. The summed E-state index contributed by atoms with van der Waals surface area (Å²) in [6, 6.07) is 1.78. The van der Waals surface area contributed by atoms with E-state index in [0.29, 0.717) is 11.6 Å². The first-order chi connectivity index (χ1) is 6.61. The Kier molecular flexibility index (Phi) is 4.80. The zero-order valence-corrected chi connectivity index (χ0v) is 10.0. The van der Waals surface area contributed by atoms with Crippen LogP contribution in [0.4, 0.5) is 0 Å². The van der Waals surface area contributed by atoms with Gasteiger partial charge in [0, 0.05) is 11.8 Å². The molecule has 0 saturated heterocycles. The van der Waals surface area contributed by atoms with Crippen molar-refractivity contribution in [2.24, 2.45) is 0 Å². The van der Waals surface area contributed by atoms with Crippen LogP contribution in [0, 0.1) is 6.92 Å². The van der Waals surface area contributed by atoms with Crippen LogP contribution in [0.1, 0.15) is 5.82 Å². The van der Waals surface area contributed by atoms with Gasteiger partial charge >= 0.3 is 0 Å². The molecule has 6 heteroatoms. The summed E-state index contributed by atoms with van der Waals surface area (Å²) in [4.78, 5) is 8.23. The summed E-state index contributed by atoms with van der Waals surface area (Å²) < 4.78 is 0.728. The predicted molar refractivity (Wildman–Crippen MR) is 58.3 cm³/mol. The number of nitrogens with zero attached hydrogens (tertiary/aromatic N) is 2. The number of hydrogen-bond acceptors (Lipinski definition) is 5. The van der Waals surface area contributed by atoms with Gasteiger partial charge in [-0.05, 0) is 22.9 Å². The highest BCUT2D eigenvalue weighted by atomic mass is 79.9. The lowest BCUT2D eigenvalue weighted by atomic mass is 10.4. The molecule has 0 radical (unpaired) electrons. The third-order valence-electron chi connectivity index (χ3n) is 1.42. The van der Waals surface area contributed by atoms with E-state index in [-0.39, 0.29) is 6.61 Å². The third kappa shape index (κ3) is 3.91. The molecule has 0 fully saturated rings. The monoisotopic (exact) mass is 278 g/mol. The molecule has 0 aliphatic rings. The third-order valence-corrected chi connectivity index (χ3v) is 2.88. The maximum atomic E-state index is 9.13. The van der Waals surface area contributed by atoms with Crippen molar-refractivity contribution in [3.63, 3.8) is 0 Å². The zero-order chi connectivity index (χ0) is 10.6. The largest absolute Gasteiger partial charge is 0.394 e. The number of rotatable bonds is 4. The highest BCUT2D eigenvalue weighted by Crippen LogP contribution is 2.19. The Morgan fingerprint density at radius 3 is 2.86 bits per heavy atom. The van der Waals surface area contributed by atoms with Crippen LogP contribution >= 0.6 is 27.7 Å². The molecule has 1 atom stereocenters. The standard InChI is InChI=1S/C8H11BrN2O2S/c1-5-10-7(9)2-8(11-5)14-4-6(13)3-12/h2,6,12-13H,3-4H2,1H3. The van der Waals surface area contributed by atoms with Crippen molar-refractivity contribution in [1.29, 1.82) is 0 Å². The molecule has 1 unspecified atom stereocenters. The van der Waals surface area contributed by atoms with E-state index in [9.17, 15) is 0 Å². The number of hydrogen-bond donors (Lipinski definition) is 2. The summed E-state index contributed by atoms with van der Waals surface area (Å²) in [5, 5.41) is 18.5. The molecule has 0 saturated carbocycles. The van der Waals surface area contributed by atoms with E-state index in [1.54, 1.807) is 13.0 Å². The lowest BCUT2D eigenvalue weighted by Crippen LogP contribution is -2.14. The SMILES string of the molecule is Cc1nc(Br)cc(SCC(O)CO)n1. The fourth-order valence-electron chi connectivity index (χ4n) is 0.814. The number of thioether (sulfide) groups is 1. The van der Waals surface area contributed by atoms with Crippen LogP contribution in [0.2, 0.25) is 0 Å². The molecule has 1 aromatic heterocycles. The molecule has 0 aliphatic heterocycles. The minimum absolute atomic E-state index is 0.224. The van der Waals surface area contributed by atoms with E-state index < -0.39 is 6.10 Å². The Labute approximate surface area is 94.9 Å². The second-order valence-electron chi connectivity index (χ2n) is 2.72. The molecule has 2 N–H and O–H groups in total. The number of aliphatic hydroxyl groups is 2. The van der Waals surface area contributed by atoms with Gasteiger partial charge in [0.1, 0.15) is 15.5 Å². The average molecular weight is 279 g/mol. The van der Waals surface area contributed by atoms with Gasteiger partial charge in [0.2, 0.25) is 0 Å². The molecule has 0 bridgehead atoms. The lowest BCUT2D eigenvalue weighted by Gasteiger charge is -2.06. The highest BCUT2D eigenvalue weighted by molar-refractivity contribution is 9.10. The molecule has 4 nitrogen and oxygen atoms in total. The van der Waals surface area contributed by atoms with E-state index in [1.165, 1.54) is 11.8 Å². The van der Waals surface area contributed by atoms with E-state index in [2.05, 4.69) is 25.9 Å². The molecule has 0 aromatic carbocycles. The number of halogens is 1. The van der Waals surface area contributed by atoms with Crippen molar-refractivity contribution in [2.75, 3.05) is 12.4 Å². The van der Waals surface area contributed by atoms with Crippen LogP contribution in [0.15, 0.2) is 15.7 Å². The van der Waals surface area contributed by atoms with Crippen molar-refractivity contribution < 1.29 is 10.2 Å². The normalized spacial score (nSPS) is 12.9. The number of aryl methyl sites for hydroxylation is 1. The maximum absolute atomic E-state index is 9.13. The number of aromatic nitrogens is 2. The molecular formula is C8H11BrN2O2S. The Morgan fingerprint density at radius 1 is 1.57 bits per heavy atom. The molecule has 0 aliphatic carbocycles. The van der Waals surface area contributed by atoms with Gasteiger partial charge in [-0.3, -0.25) is 0 Å². The Morgan fingerprint density at radius 2 is 2.29 bits per heavy atom. The summed E-state index contributed by atoms with van der Waals surface area (Å²) in [6.45, 7) is 1.58. The summed E-state index contributed by atoms with van der Waals surface area (Å²) in [5.41, 5.74) is 0. The minimum Gasteiger partial charge on any atom is -0.394 e. The molecule has 0 amide bonds. The van der Waals surface area contributed by atoms with Crippen molar-refractivity contribution >= 4 is 27.7 Å². The Hall–Kier alpha value is -0.170. The molecular weight excluding hydrogens is 268 g/mol. The fourth-order valence-corrected chi connectivity index (χ4v) is 2.30. The average Bonchev–Trinajstić information content (AvgIpc) is 2.12. The predicted octanol–water partition coefficient (Wildman–Crippen LogP) is 0.993. The van der Waals surface area contributed by atoms with Gasteiger partial charge in [-0.2, -0.15) is 0 Å². The molecule has 0 spiro atoms. The Balaban J connectivity index is 2.58.